The van der Waals surface area contributed by atoms with Crippen molar-refractivity contribution in [1.82, 2.24) is 0 Å². The van der Waals surface area contributed by atoms with Crippen LogP contribution >= 0.6 is 0 Å². The fourth-order valence-corrected chi connectivity index (χ4v) is 5.51. The molecule has 0 bridgehead atoms. The highest BCUT2D eigenvalue weighted by Crippen LogP contribution is 2.33. The first-order valence-corrected chi connectivity index (χ1v) is 11.0. The predicted octanol–water partition coefficient (Wildman–Crippen LogP) is 4.03. The smallest absolute Gasteiger partial charge is 0.261 e. The minimum Gasteiger partial charge on any atom is -0.261 e. The normalized spacial score (nSPS) is 20.9. The summed E-state index contributed by atoms with van der Waals surface area (Å²) in [7, 11) is -5.40. The van der Waals surface area contributed by atoms with E-state index in [1.807, 2.05) is 32.0 Å². The monoisotopic (exact) mass is 414 g/mol. The van der Waals surface area contributed by atoms with Gasteiger partial charge in [-0.25, -0.2) is 4.18 Å². The standard InChI is InChI=1S/C20H18N2O4S2/c1-14-7-9-16(10-8-14)28(24,25)26-20-12-11-19(27(20)22-23)18(13-21)17-6-4-3-5-15(17)2/h3-12,20,23H,1-2H3. The molecule has 0 fully saturated rings. The van der Waals surface area contributed by atoms with E-state index >= 15 is 0 Å². The van der Waals surface area contributed by atoms with Crippen molar-refractivity contribution in [3.8, 4) is 6.07 Å². The molecule has 0 amide bonds. The molecule has 2 aromatic carbocycles. The largest absolute Gasteiger partial charge is 0.298 e. The van der Waals surface area contributed by atoms with Gasteiger partial charge < -0.3 is 0 Å². The summed E-state index contributed by atoms with van der Waals surface area (Å²) in [6, 6.07) is 15.8. The Balaban J connectivity index is 1.97. The lowest BCUT2D eigenvalue weighted by Crippen LogP contribution is -2.19. The van der Waals surface area contributed by atoms with Crippen LogP contribution in [0.15, 0.2) is 75.0 Å². The van der Waals surface area contributed by atoms with Gasteiger partial charge >= 0.3 is 0 Å². The average Bonchev–Trinajstić information content (AvgIpc) is 3.06. The molecule has 1 aliphatic heterocycles. The number of aryl methyl sites for hydroxylation is 2. The lowest BCUT2D eigenvalue weighted by Gasteiger charge is -2.14. The van der Waals surface area contributed by atoms with Gasteiger partial charge in [0.1, 0.15) is 6.07 Å². The van der Waals surface area contributed by atoms with Crippen LogP contribution in [-0.4, -0.2) is 19.1 Å². The summed E-state index contributed by atoms with van der Waals surface area (Å²) >= 11 is 0. The molecule has 1 heterocycles. The molecule has 0 aliphatic carbocycles. The zero-order valence-electron chi connectivity index (χ0n) is 15.2. The second kappa shape index (κ2) is 8.20. The summed E-state index contributed by atoms with van der Waals surface area (Å²) in [5, 5.41) is 19.2. The third kappa shape index (κ3) is 3.98. The molecule has 0 saturated carbocycles. The van der Waals surface area contributed by atoms with Crippen molar-refractivity contribution in [1.29, 1.82) is 5.26 Å². The van der Waals surface area contributed by atoms with E-state index < -0.39 is 26.2 Å². The molecular weight excluding hydrogens is 396 g/mol. The Morgan fingerprint density at radius 3 is 2.46 bits per heavy atom. The van der Waals surface area contributed by atoms with Crippen LogP contribution in [-0.2, 0) is 25.0 Å². The molecule has 2 aromatic rings. The van der Waals surface area contributed by atoms with Crippen LogP contribution in [0, 0.1) is 25.2 Å². The number of hydrogen-bond acceptors (Lipinski definition) is 5. The number of nitriles is 1. The van der Waals surface area contributed by atoms with Crippen LogP contribution in [0.1, 0.15) is 16.7 Å². The van der Waals surface area contributed by atoms with Crippen LogP contribution in [0.3, 0.4) is 0 Å². The highest BCUT2D eigenvalue weighted by molar-refractivity contribution is 7.93. The van der Waals surface area contributed by atoms with Crippen LogP contribution in [0.25, 0.3) is 5.57 Å². The molecule has 2 atom stereocenters. The van der Waals surface area contributed by atoms with E-state index in [-0.39, 0.29) is 4.90 Å². The highest BCUT2D eigenvalue weighted by atomic mass is 32.2. The molecule has 0 spiro atoms. The Hall–Kier alpha value is -2.57. The summed E-state index contributed by atoms with van der Waals surface area (Å²) in [4.78, 5) is 0.452. The summed E-state index contributed by atoms with van der Waals surface area (Å²) in [5.74, 6) is 0. The van der Waals surface area contributed by atoms with Gasteiger partial charge in [-0.2, -0.15) is 13.7 Å². The topological polar surface area (TPSA) is 99.8 Å². The maximum absolute atomic E-state index is 12.6. The Labute approximate surface area is 166 Å². The van der Waals surface area contributed by atoms with Crippen molar-refractivity contribution in [2.45, 2.75) is 24.2 Å². The quantitative estimate of drug-likeness (QED) is 0.462. The minimum atomic E-state index is -4.05. The molecule has 1 N–H and O–H groups in total. The van der Waals surface area contributed by atoms with Gasteiger partial charge in [0.25, 0.3) is 10.1 Å². The molecule has 0 aromatic heterocycles. The SMILES string of the molecule is Cc1ccc(S(=O)(=O)OC2C=CC(=C(C#N)c3ccccc3C)S2=NO)cc1. The van der Waals surface area contributed by atoms with Gasteiger partial charge in [0, 0.05) is 4.91 Å². The molecule has 28 heavy (non-hydrogen) atoms. The number of benzene rings is 2. The third-order valence-electron chi connectivity index (χ3n) is 4.24. The molecule has 0 radical (unpaired) electrons. The van der Waals surface area contributed by atoms with Crippen molar-refractivity contribution in [3.63, 3.8) is 0 Å². The highest BCUT2D eigenvalue weighted by Gasteiger charge is 2.30. The fraction of sp³-hybridized carbons (Fsp3) is 0.150. The fourth-order valence-electron chi connectivity index (χ4n) is 2.77. The number of nitrogens with zero attached hydrogens (tertiary/aromatic N) is 2. The van der Waals surface area contributed by atoms with Crippen molar-refractivity contribution >= 4 is 26.4 Å². The van der Waals surface area contributed by atoms with Gasteiger partial charge in [0.2, 0.25) is 0 Å². The Morgan fingerprint density at radius 1 is 1.18 bits per heavy atom. The van der Waals surface area contributed by atoms with Gasteiger partial charge in [0.15, 0.2) is 5.44 Å². The van der Waals surface area contributed by atoms with Gasteiger partial charge in [-0.1, -0.05) is 42.0 Å². The second-order valence-electron chi connectivity index (χ2n) is 6.15. The van der Waals surface area contributed by atoms with Crippen molar-refractivity contribution < 1.29 is 17.8 Å². The van der Waals surface area contributed by atoms with Gasteiger partial charge in [-0.05, 0) is 60.0 Å². The zero-order chi connectivity index (χ0) is 20.3. The first-order chi connectivity index (χ1) is 13.4. The van der Waals surface area contributed by atoms with Gasteiger partial charge in [-0.15, -0.1) is 4.53 Å². The average molecular weight is 415 g/mol. The van der Waals surface area contributed by atoms with Gasteiger partial charge in [-0.3, -0.25) is 5.21 Å². The second-order valence-corrected chi connectivity index (χ2v) is 9.42. The molecule has 0 saturated heterocycles. The van der Waals surface area contributed by atoms with E-state index in [9.17, 15) is 18.9 Å². The van der Waals surface area contributed by atoms with Gasteiger partial charge in [0.05, 0.1) is 10.5 Å². The molecular formula is C20H18N2O4S2. The lowest BCUT2D eigenvalue weighted by atomic mass is 10.0. The molecule has 144 valence electrons. The van der Waals surface area contributed by atoms with E-state index in [2.05, 4.69) is 10.6 Å². The number of allylic oxidation sites excluding steroid dienone is 2. The molecule has 1 aliphatic rings. The number of hydrogen-bond donors (Lipinski definition) is 1. The molecule has 2 unspecified atom stereocenters. The van der Waals surface area contributed by atoms with E-state index in [1.165, 1.54) is 18.2 Å². The van der Waals surface area contributed by atoms with Crippen LogP contribution in [0.2, 0.25) is 0 Å². The summed E-state index contributed by atoms with van der Waals surface area (Å²) in [6.45, 7) is 3.72. The molecule has 3 rings (SSSR count). The third-order valence-corrected chi connectivity index (χ3v) is 7.33. The summed E-state index contributed by atoms with van der Waals surface area (Å²) in [6.07, 6.45) is 3.09. The van der Waals surface area contributed by atoms with E-state index in [1.54, 1.807) is 24.3 Å². The molecule has 6 nitrogen and oxygen atoms in total. The summed E-state index contributed by atoms with van der Waals surface area (Å²) in [5.41, 5.74) is 1.82. The Kier molecular flexibility index (Phi) is 5.91. The van der Waals surface area contributed by atoms with Crippen LogP contribution < -0.4 is 0 Å². The van der Waals surface area contributed by atoms with E-state index in [0.717, 1.165) is 11.1 Å². The predicted molar refractivity (Wildman–Crippen MR) is 108 cm³/mol. The number of rotatable bonds is 4. The van der Waals surface area contributed by atoms with E-state index in [4.69, 9.17) is 4.18 Å². The molecule has 8 heteroatoms. The Bertz CT molecular complexity index is 1140. The maximum Gasteiger partial charge on any atom is 0.298 e. The van der Waals surface area contributed by atoms with Crippen molar-refractivity contribution in [3.05, 3.63) is 82.3 Å². The van der Waals surface area contributed by atoms with E-state index in [0.29, 0.717) is 16.0 Å². The Morgan fingerprint density at radius 2 is 1.86 bits per heavy atom. The van der Waals surface area contributed by atoms with Crippen LogP contribution in [0.5, 0.6) is 0 Å². The van der Waals surface area contributed by atoms with Crippen LogP contribution in [0.4, 0.5) is 0 Å². The first-order valence-electron chi connectivity index (χ1n) is 8.34. The maximum atomic E-state index is 12.6. The zero-order valence-corrected chi connectivity index (χ0v) is 16.9. The minimum absolute atomic E-state index is 0.0184. The van der Waals surface area contributed by atoms with Crippen molar-refractivity contribution in [2.75, 3.05) is 0 Å². The van der Waals surface area contributed by atoms with Crippen molar-refractivity contribution in [2.24, 2.45) is 4.53 Å². The first kappa shape index (κ1) is 20.2. The summed E-state index contributed by atoms with van der Waals surface area (Å²) < 4.78 is 33.8. The lowest BCUT2D eigenvalue weighted by molar-refractivity contribution is 0.312.